The van der Waals surface area contributed by atoms with Gasteiger partial charge < -0.3 is 20.4 Å². The minimum absolute atomic E-state index is 0.0596. The van der Waals surface area contributed by atoms with E-state index in [-0.39, 0.29) is 12.5 Å². The van der Waals surface area contributed by atoms with Crippen LogP contribution in [-0.4, -0.2) is 52.3 Å². The number of carboxylic acid groups (broad SMARTS) is 1. The van der Waals surface area contributed by atoms with Crippen LogP contribution in [0.1, 0.15) is 38.5 Å². The van der Waals surface area contributed by atoms with E-state index >= 15 is 0 Å². The van der Waals surface area contributed by atoms with Gasteiger partial charge >= 0.3 is 12.0 Å². The fraction of sp³-hybridized carbons (Fsp3) is 0.846. The van der Waals surface area contributed by atoms with E-state index in [0.717, 1.165) is 25.7 Å². The Kier molecular flexibility index (Phi) is 3.99. The second-order valence-corrected chi connectivity index (χ2v) is 5.89. The van der Waals surface area contributed by atoms with Crippen LogP contribution < -0.4 is 5.32 Å². The van der Waals surface area contributed by atoms with Crippen molar-refractivity contribution in [1.29, 1.82) is 0 Å². The van der Waals surface area contributed by atoms with Gasteiger partial charge in [0, 0.05) is 7.05 Å². The molecule has 0 aromatic rings. The van der Waals surface area contributed by atoms with E-state index in [1.54, 1.807) is 7.05 Å². The van der Waals surface area contributed by atoms with E-state index < -0.39 is 23.6 Å². The highest BCUT2D eigenvalue weighted by Gasteiger charge is 2.39. The van der Waals surface area contributed by atoms with Crippen LogP contribution in [0.5, 0.6) is 0 Å². The molecule has 6 nitrogen and oxygen atoms in total. The first-order valence-corrected chi connectivity index (χ1v) is 6.88. The first kappa shape index (κ1) is 14.1. The molecule has 0 heterocycles. The molecule has 6 heteroatoms. The lowest BCUT2D eigenvalue weighted by Gasteiger charge is -2.29. The maximum absolute atomic E-state index is 12.0. The normalized spacial score (nSPS) is 22.8. The summed E-state index contributed by atoms with van der Waals surface area (Å²) >= 11 is 0. The fourth-order valence-electron chi connectivity index (χ4n) is 2.76. The Morgan fingerprint density at radius 1 is 1.37 bits per heavy atom. The van der Waals surface area contributed by atoms with Crippen molar-refractivity contribution < 1.29 is 19.8 Å². The zero-order valence-corrected chi connectivity index (χ0v) is 11.3. The topological polar surface area (TPSA) is 89.9 Å². The van der Waals surface area contributed by atoms with Gasteiger partial charge in [-0.2, -0.15) is 0 Å². The number of carbonyl (C=O) groups is 2. The third-order valence-electron chi connectivity index (χ3n) is 4.05. The number of carboxylic acids is 1. The zero-order chi connectivity index (χ0) is 14.0. The van der Waals surface area contributed by atoms with Crippen molar-refractivity contribution in [3.8, 4) is 0 Å². The summed E-state index contributed by atoms with van der Waals surface area (Å²) in [6.45, 7) is 0.260. The van der Waals surface area contributed by atoms with Gasteiger partial charge in [0.2, 0.25) is 0 Å². The maximum Gasteiger partial charge on any atom is 0.326 e. The van der Waals surface area contributed by atoms with Crippen LogP contribution in [0.2, 0.25) is 0 Å². The summed E-state index contributed by atoms with van der Waals surface area (Å²) < 4.78 is 0. The summed E-state index contributed by atoms with van der Waals surface area (Å²) in [7, 11) is 1.59. The molecule has 108 valence electrons. The predicted octanol–water partition coefficient (Wildman–Crippen LogP) is 0.796. The second kappa shape index (κ2) is 5.36. The molecule has 2 fully saturated rings. The Hall–Kier alpha value is -1.30. The van der Waals surface area contributed by atoms with Gasteiger partial charge in [0.05, 0.1) is 12.1 Å². The Balaban J connectivity index is 1.86. The molecule has 2 rings (SSSR count). The highest BCUT2D eigenvalue weighted by atomic mass is 16.4. The molecule has 2 amide bonds. The maximum atomic E-state index is 12.0. The second-order valence-electron chi connectivity index (χ2n) is 5.89. The van der Waals surface area contributed by atoms with Gasteiger partial charge in [-0.15, -0.1) is 0 Å². The fourth-order valence-corrected chi connectivity index (χ4v) is 2.76. The van der Waals surface area contributed by atoms with E-state index in [9.17, 15) is 14.7 Å². The number of nitrogens with zero attached hydrogens (tertiary/aromatic N) is 1. The number of likely N-dealkylation sites (N-methyl/N-ethyl adjacent to an activating group) is 1. The summed E-state index contributed by atoms with van der Waals surface area (Å²) in [5.41, 5.74) is -0.801. The van der Waals surface area contributed by atoms with Crippen LogP contribution in [0.15, 0.2) is 0 Å². The third kappa shape index (κ3) is 3.59. The van der Waals surface area contributed by atoms with Crippen LogP contribution in [0.25, 0.3) is 0 Å². The third-order valence-corrected chi connectivity index (χ3v) is 4.05. The number of hydrogen-bond acceptors (Lipinski definition) is 3. The van der Waals surface area contributed by atoms with Crippen LogP contribution in [0.3, 0.4) is 0 Å². The monoisotopic (exact) mass is 270 g/mol. The van der Waals surface area contributed by atoms with Crippen molar-refractivity contribution in [2.75, 3.05) is 13.6 Å². The van der Waals surface area contributed by atoms with Crippen molar-refractivity contribution in [1.82, 2.24) is 10.2 Å². The average Bonchev–Trinajstić information content (AvgIpc) is 3.08. The SMILES string of the molecule is CN(CC1(O)CCCC1)C(=O)NC(C(=O)O)C1CC1. The summed E-state index contributed by atoms with van der Waals surface area (Å²) in [5, 5.41) is 21.8. The summed E-state index contributed by atoms with van der Waals surface area (Å²) in [6, 6.07) is -1.22. The van der Waals surface area contributed by atoms with Crippen molar-refractivity contribution in [2.45, 2.75) is 50.2 Å². The highest BCUT2D eigenvalue weighted by molar-refractivity contribution is 5.83. The molecule has 0 aromatic carbocycles. The molecule has 3 N–H and O–H groups in total. The van der Waals surface area contributed by atoms with E-state index in [2.05, 4.69) is 5.32 Å². The largest absolute Gasteiger partial charge is 0.480 e. The Morgan fingerprint density at radius 2 is 1.95 bits per heavy atom. The molecule has 2 aliphatic carbocycles. The summed E-state index contributed by atoms with van der Waals surface area (Å²) in [6.07, 6.45) is 5.07. The number of nitrogens with one attached hydrogen (secondary N) is 1. The van der Waals surface area contributed by atoms with E-state index in [4.69, 9.17) is 5.11 Å². The van der Waals surface area contributed by atoms with Gasteiger partial charge in [-0.1, -0.05) is 12.8 Å². The van der Waals surface area contributed by atoms with Crippen molar-refractivity contribution in [3.63, 3.8) is 0 Å². The van der Waals surface area contributed by atoms with Crippen molar-refractivity contribution in [2.24, 2.45) is 5.92 Å². The van der Waals surface area contributed by atoms with Gasteiger partial charge in [0.1, 0.15) is 6.04 Å². The number of carbonyl (C=O) groups excluding carboxylic acids is 1. The first-order chi connectivity index (χ1) is 8.91. The van der Waals surface area contributed by atoms with Gasteiger partial charge in [-0.05, 0) is 31.6 Å². The lowest BCUT2D eigenvalue weighted by molar-refractivity contribution is -0.139. The molecule has 0 saturated heterocycles. The average molecular weight is 270 g/mol. The minimum Gasteiger partial charge on any atom is -0.480 e. The van der Waals surface area contributed by atoms with Gasteiger partial charge in [0.25, 0.3) is 0 Å². The van der Waals surface area contributed by atoms with Crippen LogP contribution >= 0.6 is 0 Å². The number of amides is 2. The number of rotatable bonds is 5. The molecule has 0 aliphatic heterocycles. The zero-order valence-electron chi connectivity index (χ0n) is 11.3. The molecule has 2 aliphatic rings. The van der Waals surface area contributed by atoms with Crippen molar-refractivity contribution >= 4 is 12.0 Å². The Labute approximate surface area is 112 Å². The van der Waals surface area contributed by atoms with Gasteiger partial charge in [-0.25, -0.2) is 9.59 Å². The smallest absolute Gasteiger partial charge is 0.326 e. The number of aliphatic hydroxyl groups is 1. The predicted molar refractivity (Wildman–Crippen MR) is 68.7 cm³/mol. The number of hydrogen-bond donors (Lipinski definition) is 3. The van der Waals surface area contributed by atoms with Crippen LogP contribution in [-0.2, 0) is 4.79 Å². The summed E-state index contributed by atoms with van der Waals surface area (Å²) in [4.78, 5) is 24.4. The van der Waals surface area contributed by atoms with Gasteiger partial charge in [-0.3, -0.25) is 0 Å². The molecule has 1 unspecified atom stereocenters. The molecule has 0 bridgehead atoms. The number of aliphatic carboxylic acids is 1. The molecular formula is C13H22N2O4. The van der Waals surface area contributed by atoms with Crippen LogP contribution in [0, 0.1) is 5.92 Å². The quantitative estimate of drug-likeness (QED) is 0.689. The lowest BCUT2D eigenvalue weighted by atomic mass is 10.0. The molecule has 0 aromatic heterocycles. The van der Waals surface area contributed by atoms with Gasteiger partial charge in [0.15, 0.2) is 0 Å². The Morgan fingerprint density at radius 3 is 2.42 bits per heavy atom. The number of urea groups is 1. The van der Waals surface area contributed by atoms with E-state index in [0.29, 0.717) is 12.8 Å². The lowest BCUT2D eigenvalue weighted by Crippen LogP contribution is -2.51. The Bertz CT molecular complexity index is 362. The van der Waals surface area contributed by atoms with E-state index in [1.807, 2.05) is 0 Å². The minimum atomic E-state index is -0.983. The molecule has 19 heavy (non-hydrogen) atoms. The first-order valence-electron chi connectivity index (χ1n) is 6.88. The highest BCUT2D eigenvalue weighted by Crippen LogP contribution is 2.33. The molecule has 0 spiro atoms. The van der Waals surface area contributed by atoms with E-state index in [1.165, 1.54) is 4.90 Å². The molecule has 0 radical (unpaired) electrons. The summed E-state index contributed by atoms with van der Waals surface area (Å²) in [5.74, 6) is -0.923. The van der Waals surface area contributed by atoms with Crippen molar-refractivity contribution in [3.05, 3.63) is 0 Å². The standard InChI is InChI=1S/C13H22N2O4/c1-15(8-13(19)6-2-3-7-13)12(18)14-10(11(16)17)9-4-5-9/h9-10,19H,2-8H2,1H3,(H,14,18)(H,16,17). The molecule has 2 saturated carbocycles. The molecular weight excluding hydrogens is 248 g/mol. The van der Waals surface area contributed by atoms with Crippen LogP contribution in [0.4, 0.5) is 4.79 Å². The molecule has 1 atom stereocenters.